The lowest BCUT2D eigenvalue weighted by Crippen LogP contribution is -2.32. The molecule has 0 atom stereocenters. The highest BCUT2D eigenvalue weighted by Gasteiger charge is 2.26. The Morgan fingerprint density at radius 1 is 0.889 bits per heavy atom. The van der Waals surface area contributed by atoms with E-state index in [4.69, 9.17) is 9.52 Å². The molecule has 8 nitrogen and oxygen atoms in total. The number of furan rings is 1. The Morgan fingerprint density at radius 2 is 1.56 bits per heavy atom. The van der Waals surface area contributed by atoms with Crippen molar-refractivity contribution < 1.29 is 32.6 Å². The SMILES string of the molecule is Cc1c(C(=O)O)oc2ccc(S(=O)(=O)N(CCc3ccccc3)Cc3ccc(CC(=O)O)cc3)cc12. The van der Waals surface area contributed by atoms with Crippen molar-refractivity contribution in [1.29, 1.82) is 0 Å². The summed E-state index contributed by atoms with van der Waals surface area (Å²) in [5.41, 5.74) is 2.99. The van der Waals surface area contributed by atoms with E-state index in [1.165, 1.54) is 22.5 Å². The molecule has 0 unspecified atom stereocenters. The van der Waals surface area contributed by atoms with Crippen molar-refractivity contribution in [3.05, 3.63) is 101 Å². The molecule has 1 aromatic heterocycles. The predicted octanol–water partition coefficient (Wildman–Crippen LogP) is 4.50. The topological polar surface area (TPSA) is 125 Å². The van der Waals surface area contributed by atoms with Crippen LogP contribution in [0.2, 0.25) is 0 Å². The average molecular weight is 508 g/mol. The second kappa shape index (κ2) is 10.3. The van der Waals surface area contributed by atoms with Crippen LogP contribution >= 0.6 is 0 Å². The third-order valence-corrected chi connectivity index (χ3v) is 7.81. The normalized spacial score (nSPS) is 11.7. The van der Waals surface area contributed by atoms with Crippen LogP contribution in [0.3, 0.4) is 0 Å². The van der Waals surface area contributed by atoms with Crippen molar-refractivity contribution in [3.8, 4) is 0 Å². The van der Waals surface area contributed by atoms with Crippen molar-refractivity contribution in [3.63, 3.8) is 0 Å². The molecular formula is C27H25NO7S. The number of hydrogen-bond acceptors (Lipinski definition) is 5. The minimum absolute atomic E-state index is 0.0337. The summed E-state index contributed by atoms with van der Waals surface area (Å²) < 4.78 is 34.3. The van der Waals surface area contributed by atoms with Crippen molar-refractivity contribution in [2.45, 2.75) is 31.2 Å². The molecule has 0 saturated carbocycles. The van der Waals surface area contributed by atoms with Gasteiger partial charge in [0, 0.05) is 24.0 Å². The van der Waals surface area contributed by atoms with Crippen LogP contribution in [0.4, 0.5) is 0 Å². The Kier molecular flexibility index (Phi) is 7.23. The van der Waals surface area contributed by atoms with Crippen LogP contribution in [0, 0.1) is 6.92 Å². The number of sulfonamides is 1. The van der Waals surface area contributed by atoms with Crippen molar-refractivity contribution in [1.82, 2.24) is 4.31 Å². The largest absolute Gasteiger partial charge is 0.481 e. The highest BCUT2D eigenvalue weighted by atomic mass is 32.2. The van der Waals surface area contributed by atoms with Crippen molar-refractivity contribution >= 4 is 32.9 Å². The molecule has 0 spiro atoms. The first-order chi connectivity index (χ1) is 17.1. The van der Waals surface area contributed by atoms with Crippen LogP contribution < -0.4 is 0 Å². The van der Waals surface area contributed by atoms with Gasteiger partial charge in [0.15, 0.2) is 0 Å². The van der Waals surface area contributed by atoms with Crippen molar-refractivity contribution in [2.24, 2.45) is 0 Å². The number of aliphatic carboxylic acids is 1. The molecule has 186 valence electrons. The van der Waals surface area contributed by atoms with Crippen molar-refractivity contribution in [2.75, 3.05) is 6.54 Å². The number of carboxylic acids is 2. The maximum absolute atomic E-state index is 13.8. The smallest absolute Gasteiger partial charge is 0.372 e. The number of benzene rings is 3. The summed E-state index contributed by atoms with van der Waals surface area (Å²) in [6.07, 6.45) is 0.381. The van der Waals surface area contributed by atoms with Gasteiger partial charge in [-0.1, -0.05) is 54.6 Å². The first kappa shape index (κ1) is 25.2. The highest BCUT2D eigenvalue weighted by Crippen LogP contribution is 2.29. The first-order valence-electron chi connectivity index (χ1n) is 11.3. The van der Waals surface area contributed by atoms with Crippen LogP contribution in [0.5, 0.6) is 0 Å². The number of nitrogens with zero attached hydrogens (tertiary/aromatic N) is 1. The second-order valence-corrected chi connectivity index (χ2v) is 10.4. The molecule has 9 heteroatoms. The summed E-state index contributed by atoms with van der Waals surface area (Å²) in [6, 6.07) is 20.7. The Hall–Kier alpha value is -3.95. The number of aryl methyl sites for hydroxylation is 1. The van der Waals surface area contributed by atoms with E-state index in [0.717, 1.165) is 11.1 Å². The summed E-state index contributed by atoms with van der Waals surface area (Å²) in [4.78, 5) is 22.4. The van der Waals surface area contributed by atoms with Gasteiger partial charge >= 0.3 is 11.9 Å². The fourth-order valence-electron chi connectivity index (χ4n) is 4.04. The van der Waals surface area contributed by atoms with Crippen LogP contribution in [0.1, 0.15) is 32.8 Å². The maximum Gasteiger partial charge on any atom is 0.372 e. The summed E-state index contributed by atoms with van der Waals surface area (Å²) in [5, 5.41) is 18.8. The quantitative estimate of drug-likeness (QED) is 0.324. The molecule has 36 heavy (non-hydrogen) atoms. The lowest BCUT2D eigenvalue weighted by Gasteiger charge is -2.23. The molecule has 0 saturated heterocycles. The number of aromatic carboxylic acids is 1. The van der Waals surface area contributed by atoms with Crippen LogP contribution in [-0.4, -0.2) is 41.4 Å². The van der Waals surface area contributed by atoms with Gasteiger partial charge in [-0.3, -0.25) is 4.79 Å². The first-order valence-corrected chi connectivity index (χ1v) is 12.7. The van der Waals surface area contributed by atoms with Gasteiger partial charge in [-0.2, -0.15) is 4.31 Å². The van der Waals surface area contributed by atoms with Gasteiger partial charge in [0.2, 0.25) is 15.8 Å². The fourth-order valence-corrected chi connectivity index (χ4v) is 5.49. The Bertz CT molecular complexity index is 1510. The standard InChI is InChI=1S/C27H25NO7S/c1-18-23-16-22(11-12-24(23)35-26(18)27(31)32)36(33,34)28(14-13-19-5-3-2-4-6-19)17-21-9-7-20(8-10-21)15-25(29)30/h2-12,16H,13-15,17H2,1H3,(H,29,30)(H,31,32). The second-order valence-electron chi connectivity index (χ2n) is 8.48. The molecule has 0 bridgehead atoms. The zero-order chi connectivity index (χ0) is 25.9. The molecule has 2 N–H and O–H groups in total. The van der Waals surface area contributed by atoms with Gasteiger partial charge in [-0.15, -0.1) is 0 Å². The molecule has 4 rings (SSSR count). The van der Waals surface area contributed by atoms with Crippen LogP contribution in [-0.2, 0) is 34.2 Å². The minimum Gasteiger partial charge on any atom is -0.481 e. The predicted molar refractivity (Wildman–Crippen MR) is 133 cm³/mol. The molecule has 0 radical (unpaired) electrons. The van der Waals surface area contributed by atoms with Crippen LogP contribution in [0.15, 0.2) is 82.1 Å². The van der Waals surface area contributed by atoms with E-state index in [1.807, 2.05) is 30.3 Å². The molecule has 4 aromatic rings. The fraction of sp³-hybridized carbons (Fsp3) is 0.185. The van der Waals surface area contributed by atoms with Gasteiger partial charge in [0.1, 0.15) is 5.58 Å². The Balaban J connectivity index is 1.68. The third kappa shape index (κ3) is 5.48. The molecule has 3 aromatic carbocycles. The van der Waals surface area contributed by atoms with Gasteiger partial charge in [0.25, 0.3) is 0 Å². The number of carbonyl (C=O) groups is 2. The van der Waals surface area contributed by atoms with E-state index in [1.54, 1.807) is 31.2 Å². The Labute approximate surface area is 208 Å². The zero-order valence-corrected chi connectivity index (χ0v) is 20.4. The van der Waals surface area contributed by atoms with Gasteiger partial charge < -0.3 is 14.6 Å². The lowest BCUT2D eigenvalue weighted by atomic mass is 10.1. The monoisotopic (exact) mass is 507 g/mol. The molecule has 0 aliphatic carbocycles. The zero-order valence-electron chi connectivity index (χ0n) is 19.5. The summed E-state index contributed by atoms with van der Waals surface area (Å²) in [6.45, 7) is 1.88. The van der Waals surface area contributed by atoms with E-state index in [2.05, 4.69) is 0 Å². The van der Waals surface area contributed by atoms with E-state index in [0.29, 0.717) is 28.5 Å². The summed E-state index contributed by atoms with van der Waals surface area (Å²) >= 11 is 0. The number of fused-ring (bicyclic) bond motifs is 1. The number of rotatable bonds is 10. The third-order valence-electron chi connectivity index (χ3n) is 5.97. The summed E-state index contributed by atoms with van der Waals surface area (Å²) in [5.74, 6) is -2.38. The molecule has 0 aliphatic rings. The average Bonchev–Trinajstić information content (AvgIpc) is 3.19. The van der Waals surface area contributed by atoms with E-state index in [-0.39, 0.29) is 30.2 Å². The molecule has 0 aliphatic heterocycles. The Morgan fingerprint density at radius 3 is 2.19 bits per heavy atom. The maximum atomic E-state index is 13.8. The summed E-state index contributed by atoms with van der Waals surface area (Å²) in [7, 11) is -3.97. The molecule has 0 amide bonds. The van der Waals surface area contributed by atoms with E-state index in [9.17, 15) is 23.1 Å². The molecule has 1 heterocycles. The van der Waals surface area contributed by atoms with Gasteiger partial charge in [-0.05, 0) is 48.2 Å². The van der Waals surface area contributed by atoms with E-state index >= 15 is 0 Å². The highest BCUT2D eigenvalue weighted by molar-refractivity contribution is 7.89. The van der Waals surface area contributed by atoms with Gasteiger partial charge in [-0.25, -0.2) is 13.2 Å². The number of hydrogen-bond donors (Lipinski definition) is 2. The lowest BCUT2D eigenvalue weighted by molar-refractivity contribution is -0.136. The molecular weight excluding hydrogens is 482 g/mol. The minimum atomic E-state index is -3.97. The van der Waals surface area contributed by atoms with Crippen LogP contribution in [0.25, 0.3) is 11.0 Å². The van der Waals surface area contributed by atoms with Gasteiger partial charge in [0.05, 0.1) is 11.3 Å². The van der Waals surface area contributed by atoms with E-state index < -0.39 is 22.0 Å². The molecule has 0 fully saturated rings. The number of carboxylic acid groups (broad SMARTS) is 2.